The van der Waals surface area contributed by atoms with Gasteiger partial charge in [0, 0.05) is 18.5 Å². The molecule has 0 bridgehead atoms. The fraction of sp³-hybridized carbons (Fsp3) is 0.643. The van der Waals surface area contributed by atoms with Gasteiger partial charge in [0.25, 0.3) is 0 Å². The largest absolute Gasteiger partial charge is 0.352 e. The number of hydrogen-bond donors (Lipinski definition) is 2. The number of carbonyl (C=O) groups is 1. The van der Waals surface area contributed by atoms with Crippen LogP contribution in [0.4, 0.5) is 0 Å². The molecule has 0 radical (unpaired) electrons. The molecule has 0 atom stereocenters. The molecule has 0 aliphatic heterocycles. The van der Waals surface area contributed by atoms with Crippen LogP contribution < -0.4 is 10.6 Å². The van der Waals surface area contributed by atoms with Gasteiger partial charge in [-0.05, 0) is 42.3 Å². The Hall–Kier alpha value is -0.870. The van der Waals surface area contributed by atoms with Crippen LogP contribution in [-0.2, 0) is 11.3 Å². The Bertz CT molecular complexity index is 369. The second-order valence-corrected chi connectivity index (χ2v) is 5.96. The minimum absolute atomic E-state index is 0.0387. The molecule has 1 aromatic heterocycles. The normalized spacial score (nSPS) is 18.5. The Balaban J connectivity index is 1.81. The molecule has 0 spiro atoms. The Morgan fingerprint density at radius 2 is 2.17 bits per heavy atom. The van der Waals surface area contributed by atoms with E-state index in [0.29, 0.717) is 13.0 Å². The third-order valence-corrected chi connectivity index (χ3v) is 4.64. The van der Waals surface area contributed by atoms with Gasteiger partial charge in [-0.2, -0.15) is 11.3 Å². The van der Waals surface area contributed by atoms with Crippen LogP contribution in [0.25, 0.3) is 0 Å². The van der Waals surface area contributed by atoms with Crippen LogP contribution in [0.15, 0.2) is 16.8 Å². The van der Waals surface area contributed by atoms with Crippen molar-refractivity contribution in [3.63, 3.8) is 0 Å². The molecule has 1 saturated carbocycles. The summed E-state index contributed by atoms with van der Waals surface area (Å²) < 4.78 is 0. The van der Waals surface area contributed by atoms with E-state index in [1.165, 1.54) is 24.8 Å². The number of nitrogens with one attached hydrogen (secondary N) is 2. The van der Waals surface area contributed by atoms with E-state index < -0.39 is 0 Å². The number of rotatable bonds is 5. The first-order valence-corrected chi connectivity index (χ1v) is 7.65. The highest BCUT2D eigenvalue weighted by Crippen LogP contribution is 2.30. The first-order valence-electron chi connectivity index (χ1n) is 6.71. The Morgan fingerprint density at radius 1 is 1.39 bits per heavy atom. The molecule has 18 heavy (non-hydrogen) atoms. The van der Waals surface area contributed by atoms with Crippen LogP contribution in [-0.4, -0.2) is 18.5 Å². The van der Waals surface area contributed by atoms with Crippen molar-refractivity contribution in [1.82, 2.24) is 10.6 Å². The van der Waals surface area contributed by atoms with E-state index in [-0.39, 0.29) is 11.4 Å². The average Bonchev–Trinajstić information content (AvgIpc) is 2.91. The van der Waals surface area contributed by atoms with E-state index in [9.17, 15) is 4.79 Å². The molecule has 3 nitrogen and oxygen atoms in total. The molecule has 0 aromatic carbocycles. The highest BCUT2D eigenvalue weighted by atomic mass is 32.1. The second-order valence-electron chi connectivity index (χ2n) is 5.18. The Kier molecular flexibility index (Phi) is 4.78. The third-order valence-electron chi connectivity index (χ3n) is 3.91. The maximum atomic E-state index is 12.0. The van der Waals surface area contributed by atoms with Gasteiger partial charge in [-0.15, -0.1) is 0 Å². The molecule has 1 aliphatic carbocycles. The van der Waals surface area contributed by atoms with Gasteiger partial charge >= 0.3 is 0 Å². The average molecular weight is 266 g/mol. The van der Waals surface area contributed by atoms with Gasteiger partial charge in [0.1, 0.15) is 0 Å². The topological polar surface area (TPSA) is 41.1 Å². The zero-order valence-electron chi connectivity index (χ0n) is 11.0. The molecule has 1 aromatic rings. The SMILES string of the molecule is CNC1(CC(=O)NCc2ccsc2)CCCCC1. The minimum Gasteiger partial charge on any atom is -0.352 e. The molecule has 100 valence electrons. The minimum atomic E-state index is 0.0387. The summed E-state index contributed by atoms with van der Waals surface area (Å²) in [6.07, 6.45) is 6.62. The molecule has 1 aliphatic rings. The quantitative estimate of drug-likeness (QED) is 0.860. The highest BCUT2D eigenvalue weighted by Gasteiger charge is 2.32. The van der Waals surface area contributed by atoms with E-state index in [2.05, 4.69) is 22.1 Å². The Morgan fingerprint density at radius 3 is 2.78 bits per heavy atom. The lowest BCUT2D eigenvalue weighted by Crippen LogP contribution is -2.48. The van der Waals surface area contributed by atoms with Crippen molar-refractivity contribution in [2.75, 3.05) is 7.05 Å². The maximum Gasteiger partial charge on any atom is 0.222 e. The molecule has 0 unspecified atom stereocenters. The van der Waals surface area contributed by atoms with Gasteiger partial charge in [0.15, 0.2) is 0 Å². The van der Waals surface area contributed by atoms with E-state index in [1.54, 1.807) is 11.3 Å². The Labute approximate surface area is 113 Å². The van der Waals surface area contributed by atoms with Crippen molar-refractivity contribution in [3.8, 4) is 0 Å². The summed E-state index contributed by atoms with van der Waals surface area (Å²) in [6.45, 7) is 0.655. The summed E-state index contributed by atoms with van der Waals surface area (Å²) in [7, 11) is 1.98. The van der Waals surface area contributed by atoms with Crippen LogP contribution in [0, 0.1) is 0 Å². The number of amides is 1. The van der Waals surface area contributed by atoms with Crippen molar-refractivity contribution in [3.05, 3.63) is 22.4 Å². The molecule has 4 heteroatoms. The van der Waals surface area contributed by atoms with Crippen LogP contribution in [0.5, 0.6) is 0 Å². The fourth-order valence-electron chi connectivity index (χ4n) is 2.71. The molecule has 2 N–H and O–H groups in total. The van der Waals surface area contributed by atoms with Gasteiger partial charge in [-0.25, -0.2) is 0 Å². The summed E-state index contributed by atoms with van der Waals surface area (Å²) in [6, 6.07) is 2.05. The van der Waals surface area contributed by atoms with Gasteiger partial charge < -0.3 is 10.6 Å². The van der Waals surface area contributed by atoms with Crippen molar-refractivity contribution in [2.24, 2.45) is 0 Å². The second kappa shape index (κ2) is 6.34. The number of hydrogen-bond acceptors (Lipinski definition) is 3. The van der Waals surface area contributed by atoms with Crippen LogP contribution >= 0.6 is 11.3 Å². The van der Waals surface area contributed by atoms with Crippen molar-refractivity contribution in [1.29, 1.82) is 0 Å². The summed E-state index contributed by atoms with van der Waals surface area (Å²) in [5.41, 5.74) is 1.23. The summed E-state index contributed by atoms with van der Waals surface area (Å²) in [5.74, 6) is 0.164. The van der Waals surface area contributed by atoms with Gasteiger partial charge in [0.05, 0.1) is 0 Å². The summed E-state index contributed by atoms with van der Waals surface area (Å²) in [4.78, 5) is 12.0. The lowest BCUT2D eigenvalue weighted by molar-refractivity contribution is -0.123. The number of carbonyl (C=O) groups excluding carboxylic acids is 1. The fourth-order valence-corrected chi connectivity index (χ4v) is 3.38. The lowest BCUT2D eigenvalue weighted by Gasteiger charge is -2.36. The van der Waals surface area contributed by atoms with E-state index in [4.69, 9.17) is 0 Å². The first-order chi connectivity index (χ1) is 8.74. The van der Waals surface area contributed by atoms with Gasteiger partial charge in [0.2, 0.25) is 5.91 Å². The standard InChI is InChI=1S/C14H22N2OS/c1-15-14(6-3-2-4-7-14)9-13(17)16-10-12-5-8-18-11-12/h5,8,11,15H,2-4,6-7,9-10H2,1H3,(H,16,17). The molecule has 1 fully saturated rings. The van der Waals surface area contributed by atoms with Crippen LogP contribution in [0.3, 0.4) is 0 Å². The predicted octanol–water partition coefficient (Wildman–Crippen LogP) is 2.68. The zero-order valence-corrected chi connectivity index (χ0v) is 11.8. The zero-order chi connectivity index (χ0) is 12.8. The van der Waals surface area contributed by atoms with Crippen molar-refractivity contribution < 1.29 is 4.79 Å². The highest BCUT2D eigenvalue weighted by molar-refractivity contribution is 7.07. The van der Waals surface area contributed by atoms with E-state index >= 15 is 0 Å². The van der Waals surface area contributed by atoms with Crippen LogP contribution in [0.1, 0.15) is 44.1 Å². The molecular formula is C14H22N2OS. The molecular weight excluding hydrogens is 244 g/mol. The van der Waals surface area contributed by atoms with Gasteiger partial charge in [-0.3, -0.25) is 4.79 Å². The first kappa shape index (κ1) is 13.6. The van der Waals surface area contributed by atoms with Gasteiger partial charge in [-0.1, -0.05) is 19.3 Å². The smallest absolute Gasteiger partial charge is 0.222 e. The maximum absolute atomic E-state index is 12.0. The lowest BCUT2D eigenvalue weighted by atomic mass is 9.79. The summed E-state index contributed by atoms with van der Waals surface area (Å²) >= 11 is 1.67. The number of thiophene rings is 1. The molecule has 1 heterocycles. The van der Waals surface area contributed by atoms with Crippen molar-refractivity contribution in [2.45, 2.75) is 50.6 Å². The monoisotopic (exact) mass is 266 g/mol. The molecule has 0 saturated heterocycles. The summed E-state index contributed by atoms with van der Waals surface area (Å²) in [5, 5.41) is 10.5. The molecule has 2 rings (SSSR count). The van der Waals surface area contributed by atoms with Crippen molar-refractivity contribution >= 4 is 17.2 Å². The predicted molar refractivity (Wildman–Crippen MR) is 75.7 cm³/mol. The van der Waals surface area contributed by atoms with E-state index in [0.717, 1.165) is 12.8 Å². The molecule has 1 amide bonds. The van der Waals surface area contributed by atoms with E-state index in [1.807, 2.05) is 12.4 Å². The van der Waals surface area contributed by atoms with Crippen LogP contribution in [0.2, 0.25) is 0 Å². The third kappa shape index (κ3) is 3.56.